The van der Waals surface area contributed by atoms with Gasteiger partial charge in [-0.15, -0.1) is 0 Å². The first-order chi connectivity index (χ1) is 11.8. The van der Waals surface area contributed by atoms with Crippen LogP contribution in [-0.2, 0) is 0 Å². The summed E-state index contributed by atoms with van der Waals surface area (Å²) in [4.78, 5) is 17.5. The van der Waals surface area contributed by atoms with Crippen LogP contribution in [0.2, 0.25) is 0 Å². The smallest absolute Gasteiger partial charge is 0.207 e. The van der Waals surface area contributed by atoms with E-state index in [0.29, 0.717) is 21.3 Å². The number of ketones is 1. The summed E-state index contributed by atoms with van der Waals surface area (Å²) in [5, 5.41) is 3.54. The highest BCUT2D eigenvalue weighted by molar-refractivity contribution is 7.18. The van der Waals surface area contributed by atoms with Crippen molar-refractivity contribution >= 4 is 33.8 Å². The van der Waals surface area contributed by atoms with E-state index in [0.717, 1.165) is 16.7 Å². The molecule has 0 unspecified atom stereocenters. The third kappa shape index (κ3) is 3.53. The van der Waals surface area contributed by atoms with Gasteiger partial charge in [0.15, 0.2) is 5.13 Å². The predicted molar refractivity (Wildman–Crippen MR) is 100 cm³/mol. The second-order valence-corrected chi connectivity index (χ2v) is 6.94. The van der Waals surface area contributed by atoms with Crippen LogP contribution in [0.1, 0.15) is 31.9 Å². The van der Waals surface area contributed by atoms with E-state index in [1.165, 1.54) is 23.5 Å². The zero-order valence-corrected chi connectivity index (χ0v) is 15.0. The summed E-state index contributed by atoms with van der Waals surface area (Å²) in [6.07, 6.45) is 0. The minimum Gasteiger partial charge on any atom is -0.382 e. The summed E-state index contributed by atoms with van der Waals surface area (Å²) >= 11 is 1.19. The number of aryl methyl sites for hydroxylation is 3. The number of thiazole rings is 1. The van der Waals surface area contributed by atoms with Crippen molar-refractivity contribution in [3.8, 4) is 0 Å². The van der Waals surface area contributed by atoms with Crippen LogP contribution in [0.5, 0.6) is 0 Å². The number of carbonyl (C=O) groups is 1. The van der Waals surface area contributed by atoms with Crippen LogP contribution in [-0.4, -0.2) is 10.8 Å². The van der Waals surface area contributed by atoms with Gasteiger partial charge in [0.1, 0.15) is 16.5 Å². The number of nitrogens with two attached hydrogens (primary N) is 1. The molecule has 3 aromatic rings. The highest BCUT2D eigenvalue weighted by atomic mass is 32.1. The lowest BCUT2D eigenvalue weighted by molar-refractivity contribution is 0.104. The first kappa shape index (κ1) is 17.1. The van der Waals surface area contributed by atoms with E-state index in [1.807, 2.05) is 32.9 Å². The Kier molecular flexibility index (Phi) is 4.55. The molecular weight excluding hydrogens is 337 g/mol. The fourth-order valence-corrected chi connectivity index (χ4v) is 3.39. The quantitative estimate of drug-likeness (QED) is 0.662. The van der Waals surface area contributed by atoms with Crippen molar-refractivity contribution in [1.29, 1.82) is 0 Å². The Labute approximate surface area is 149 Å². The van der Waals surface area contributed by atoms with Crippen molar-refractivity contribution < 1.29 is 9.18 Å². The van der Waals surface area contributed by atoms with E-state index in [1.54, 1.807) is 12.1 Å². The molecule has 0 saturated carbocycles. The molecule has 0 aliphatic carbocycles. The number of nitrogens with one attached hydrogen (secondary N) is 1. The zero-order valence-electron chi connectivity index (χ0n) is 14.2. The van der Waals surface area contributed by atoms with Gasteiger partial charge in [-0.2, -0.15) is 0 Å². The molecular formula is C19H18FN3OS. The summed E-state index contributed by atoms with van der Waals surface area (Å²) < 4.78 is 13.0. The monoisotopic (exact) mass is 355 g/mol. The Hall–Kier alpha value is -2.73. The molecule has 1 aromatic heterocycles. The molecule has 0 bridgehead atoms. The Balaban J connectivity index is 1.91. The van der Waals surface area contributed by atoms with Crippen molar-refractivity contribution in [1.82, 2.24) is 4.98 Å². The van der Waals surface area contributed by atoms with Gasteiger partial charge in [0.2, 0.25) is 5.78 Å². The highest BCUT2D eigenvalue weighted by Crippen LogP contribution is 2.31. The topological polar surface area (TPSA) is 68.0 Å². The number of hydrogen-bond acceptors (Lipinski definition) is 5. The van der Waals surface area contributed by atoms with Crippen molar-refractivity contribution in [2.24, 2.45) is 0 Å². The van der Waals surface area contributed by atoms with Crippen molar-refractivity contribution in [3.05, 3.63) is 69.3 Å². The second-order valence-electron chi connectivity index (χ2n) is 5.95. The first-order valence-electron chi connectivity index (χ1n) is 7.76. The summed E-state index contributed by atoms with van der Waals surface area (Å²) in [6.45, 7) is 5.90. The number of nitrogens with zero attached hydrogens (tertiary/aromatic N) is 1. The van der Waals surface area contributed by atoms with E-state index in [-0.39, 0.29) is 17.4 Å². The van der Waals surface area contributed by atoms with Crippen LogP contribution >= 0.6 is 11.3 Å². The van der Waals surface area contributed by atoms with Gasteiger partial charge in [0, 0.05) is 11.3 Å². The molecule has 4 nitrogen and oxygen atoms in total. The molecule has 0 fully saturated rings. The van der Waals surface area contributed by atoms with Crippen molar-refractivity contribution in [2.75, 3.05) is 11.1 Å². The molecule has 2 aromatic carbocycles. The molecule has 0 saturated heterocycles. The zero-order chi connectivity index (χ0) is 18.1. The predicted octanol–water partition coefficient (Wildman–Crippen LogP) is 4.76. The van der Waals surface area contributed by atoms with Gasteiger partial charge in [0.25, 0.3) is 0 Å². The molecule has 0 aliphatic rings. The Bertz CT molecular complexity index is 948. The van der Waals surface area contributed by atoms with Gasteiger partial charge in [-0.1, -0.05) is 17.4 Å². The molecule has 1 heterocycles. The largest absolute Gasteiger partial charge is 0.382 e. The number of benzene rings is 2. The summed E-state index contributed by atoms with van der Waals surface area (Å²) in [5.74, 6) is -0.259. The summed E-state index contributed by atoms with van der Waals surface area (Å²) in [7, 11) is 0. The van der Waals surface area contributed by atoms with Crippen LogP contribution < -0.4 is 11.1 Å². The normalized spacial score (nSPS) is 10.7. The van der Waals surface area contributed by atoms with E-state index in [4.69, 9.17) is 5.73 Å². The Morgan fingerprint density at radius 2 is 1.72 bits per heavy atom. The maximum Gasteiger partial charge on any atom is 0.207 e. The number of anilines is 3. The van der Waals surface area contributed by atoms with E-state index < -0.39 is 0 Å². The molecule has 128 valence electrons. The summed E-state index contributed by atoms with van der Waals surface area (Å²) in [5.41, 5.74) is 10.4. The molecule has 3 N–H and O–H groups in total. The molecule has 0 amide bonds. The van der Waals surface area contributed by atoms with Crippen LogP contribution in [0.3, 0.4) is 0 Å². The molecule has 0 radical (unpaired) electrons. The number of nitrogen functional groups attached to an aromatic ring is 1. The molecule has 0 atom stereocenters. The average molecular weight is 355 g/mol. The first-order valence-corrected chi connectivity index (χ1v) is 8.58. The maximum absolute atomic E-state index is 13.0. The number of aromatic nitrogens is 1. The number of rotatable bonds is 4. The minimum atomic E-state index is -0.315. The molecule has 6 heteroatoms. The lowest BCUT2D eigenvalue weighted by Crippen LogP contribution is -2.05. The molecule has 25 heavy (non-hydrogen) atoms. The fraction of sp³-hybridized carbons (Fsp3) is 0.158. The van der Waals surface area contributed by atoms with Gasteiger partial charge in [-0.3, -0.25) is 4.79 Å². The van der Waals surface area contributed by atoms with Gasteiger partial charge in [0.05, 0.1) is 0 Å². The third-order valence-electron chi connectivity index (χ3n) is 4.04. The van der Waals surface area contributed by atoms with Gasteiger partial charge < -0.3 is 11.1 Å². The van der Waals surface area contributed by atoms with Gasteiger partial charge in [-0.25, -0.2) is 9.37 Å². The van der Waals surface area contributed by atoms with Crippen LogP contribution in [0.15, 0.2) is 36.4 Å². The van der Waals surface area contributed by atoms with Gasteiger partial charge >= 0.3 is 0 Å². The fourth-order valence-electron chi connectivity index (χ4n) is 2.53. The van der Waals surface area contributed by atoms with Gasteiger partial charge in [-0.05, 0) is 67.8 Å². The Morgan fingerprint density at radius 3 is 2.40 bits per heavy atom. The average Bonchev–Trinajstić information content (AvgIpc) is 2.93. The maximum atomic E-state index is 13.0. The van der Waals surface area contributed by atoms with E-state index in [9.17, 15) is 9.18 Å². The third-order valence-corrected chi connectivity index (χ3v) is 5.03. The second kappa shape index (κ2) is 6.64. The van der Waals surface area contributed by atoms with Crippen LogP contribution in [0, 0.1) is 26.6 Å². The lowest BCUT2D eigenvalue weighted by Gasteiger charge is -2.08. The number of halogens is 1. The Morgan fingerprint density at radius 1 is 1.08 bits per heavy atom. The SMILES string of the molecule is Cc1cc(C)c(C(=O)c2sc(Nc3ccc(F)cc3)nc2N)cc1C. The van der Waals surface area contributed by atoms with Crippen molar-refractivity contribution in [3.63, 3.8) is 0 Å². The minimum absolute atomic E-state index is 0.136. The number of carbonyl (C=O) groups excluding carboxylic acids is 1. The standard InChI is InChI=1S/C19H18FN3OS/c1-10-8-12(3)15(9-11(10)2)16(24)17-18(21)23-19(25-17)22-14-6-4-13(20)5-7-14/h4-9H,21H2,1-3H3,(H,22,23). The van der Waals surface area contributed by atoms with Crippen LogP contribution in [0.4, 0.5) is 21.0 Å². The number of hydrogen-bond donors (Lipinski definition) is 2. The van der Waals surface area contributed by atoms with E-state index >= 15 is 0 Å². The molecule has 3 rings (SSSR count). The summed E-state index contributed by atoms with van der Waals surface area (Å²) in [6, 6.07) is 9.79. The van der Waals surface area contributed by atoms with Crippen LogP contribution in [0.25, 0.3) is 0 Å². The molecule has 0 aliphatic heterocycles. The lowest BCUT2D eigenvalue weighted by atomic mass is 9.97. The molecule has 0 spiro atoms. The van der Waals surface area contributed by atoms with E-state index in [2.05, 4.69) is 10.3 Å². The highest BCUT2D eigenvalue weighted by Gasteiger charge is 2.20. The van der Waals surface area contributed by atoms with Crippen molar-refractivity contribution in [2.45, 2.75) is 20.8 Å².